The number of methoxy groups -OCH3 is 1. The number of nitriles is 1. The Labute approximate surface area is 137 Å². The van der Waals surface area contributed by atoms with Crippen LogP contribution in [0, 0.1) is 11.3 Å². The van der Waals surface area contributed by atoms with Gasteiger partial charge in [-0.2, -0.15) is 10.4 Å². The van der Waals surface area contributed by atoms with Crippen molar-refractivity contribution in [2.45, 2.75) is 6.42 Å². The zero-order valence-corrected chi connectivity index (χ0v) is 12.7. The molecule has 1 aromatic heterocycles. The molecule has 0 spiro atoms. The van der Waals surface area contributed by atoms with Crippen LogP contribution in [-0.2, 0) is 9.53 Å². The summed E-state index contributed by atoms with van der Waals surface area (Å²) in [5.74, 6) is -0.785. The lowest BCUT2D eigenvalue weighted by Crippen LogP contribution is -2.11. The van der Waals surface area contributed by atoms with E-state index >= 15 is 0 Å². The molecule has 0 saturated carbocycles. The number of benzene rings is 1. The molecule has 2 heterocycles. The molecule has 24 heavy (non-hydrogen) atoms. The summed E-state index contributed by atoms with van der Waals surface area (Å²) >= 11 is 0. The van der Waals surface area contributed by atoms with Gasteiger partial charge in [0.1, 0.15) is 6.07 Å². The fourth-order valence-corrected chi connectivity index (χ4v) is 2.46. The van der Waals surface area contributed by atoms with E-state index in [1.165, 1.54) is 17.9 Å². The molecule has 1 aromatic carbocycles. The Bertz CT molecular complexity index is 903. The van der Waals surface area contributed by atoms with Gasteiger partial charge in [0.15, 0.2) is 5.69 Å². The van der Waals surface area contributed by atoms with Gasteiger partial charge in [-0.1, -0.05) is 12.1 Å². The topological polar surface area (TPSA) is 122 Å². The minimum atomic E-state index is -0.631. The van der Waals surface area contributed by atoms with Crippen LogP contribution in [0.25, 0.3) is 5.69 Å². The van der Waals surface area contributed by atoms with E-state index in [4.69, 9.17) is 15.7 Å². The summed E-state index contributed by atoms with van der Waals surface area (Å²) in [6, 6.07) is 8.99. The molecule has 1 aliphatic heterocycles. The number of carbonyl (C=O) groups excluding carboxylic acids is 2. The lowest BCUT2D eigenvalue weighted by molar-refractivity contribution is -0.119. The summed E-state index contributed by atoms with van der Waals surface area (Å²) in [7, 11) is 1.25. The lowest BCUT2D eigenvalue weighted by Gasteiger charge is -2.09. The van der Waals surface area contributed by atoms with Crippen molar-refractivity contribution < 1.29 is 14.3 Å². The molecular weight excluding hydrogens is 310 g/mol. The smallest absolute Gasteiger partial charge is 0.357 e. The fraction of sp³-hybridized carbons (Fsp3) is 0.125. The third-order valence-electron chi connectivity index (χ3n) is 3.67. The maximum absolute atomic E-state index is 12.0. The van der Waals surface area contributed by atoms with Crippen molar-refractivity contribution >= 4 is 23.3 Å². The molecular formula is C16H13N5O3. The van der Waals surface area contributed by atoms with E-state index in [0.29, 0.717) is 11.4 Å². The van der Waals surface area contributed by atoms with Crippen LogP contribution in [0.2, 0.25) is 0 Å². The quantitative estimate of drug-likeness (QED) is 0.814. The number of rotatable bonds is 3. The van der Waals surface area contributed by atoms with Gasteiger partial charge < -0.3 is 15.0 Å². The summed E-state index contributed by atoms with van der Waals surface area (Å²) in [6.45, 7) is 0. The van der Waals surface area contributed by atoms with Crippen LogP contribution in [0.5, 0.6) is 0 Å². The maximum Gasteiger partial charge on any atom is 0.357 e. The fourth-order valence-electron chi connectivity index (χ4n) is 2.46. The average molecular weight is 323 g/mol. The molecule has 0 atom stereocenters. The second kappa shape index (κ2) is 5.89. The number of carbonyl (C=O) groups is 2. The summed E-state index contributed by atoms with van der Waals surface area (Å²) in [4.78, 5) is 23.2. The predicted octanol–water partition coefficient (Wildman–Crippen LogP) is 0.942. The molecule has 0 radical (unpaired) electrons. The maximum atomic E-state index is 12.0. The number of nitrogen functional groups attached to an aromatic ring is 1. The first-order valence-electron chi connectivity index (χ1n) is 7.00. The molecule has 2 aromatic rings. The van der Waals surface area contributed by atoms with E-state index in [-0.39, 0.29) is 29.3 Å². The van der Waals surface area contributed by atoms with Gasteiger partial charge >= 0.3 is 5.97 Å². The van der Waals surface area contributed by atoms with Gasteiger partial charge in [-0.05, 0) is 17.7 Å². The zero-order chi connectivity index (χ0) is 17.3. The number of amides is 1. The van der Waals surface area contributed by atoms with Crippen molar-refractivity contribution in [1.82, 2.24) is 9.99 Å². The van der Waals surface area contributed by atoms with Gasteiger partial charge in [0.2, 0.25) is 5.91 Å². The Balaban J connectivity index is 2.02. The number of hydrogen-bond acceptors (Lipinski definition) is 6. The Kier molecular flexibility index (Phi) is 3.75. The van der Waals surface area contributed by atoms with Crippen LogP contribution in [0.3, 0.4) is 0 Å². The molecule has 8 heteroatoms. The Morgan fingerprint density at radius 3 is 2.67 bits per heavy atom. The van der Waals surface area contributed by atoms with Gasteiger partial charge in [0, 0.05) is 11.9 Å². The van der Waals surface area contributed by atoms with Gasteiger partial charge in [-0.25, -0.2) is 10.2 Å². The van der Waals surface area contributed by atoms with E-state index in [1.807, 2.05) is 6.07 Å². The number of anilines is 1. The second-order valence-corrected chi connectivity index (χ2v) is 5.10. The first-order chi connectivity index (χ1) is 11.5. The second-order valence-electron chi connectivity index (χ2n) is 5.10. The summed E-state index contributed by atoms with van der Waals surface area (Å²) in [5, 5.41) is 13.1. The highest BCUT2D eigenvalue weighted by atomic mass is 16.5. The van der Waals surface area contributed by atoms with E-state index < -0.39 is 5.97 Å². The molecule has 1 aliphatic rings. The minimum Gasteiger partial charge on any atom is -0.464 e. The number of nitrogens with one attached hydrogen (secondary N) is 1. The van der Waals surface area contributed by atoms with E-state index in [2.05, 4.69) is 10.5 Å². The SMILES string of the molecule is COC(=O)c1c(N)c(C#N)cn1-c1ccc(C2=NNC(=O)C2)cc1. The van der Waals surface area contributed by atoms with Crippen LogP contribution in [0.15, 0.2) is 35.6 Å². The van der Waals surface area contributed by atoms with Crippen LogP contribution in [0.1, 0.15) is 28.0 Å². The molecule has 0 fully saturated rings. The molecule has 0 saturated heterocycles. The third-order valence-corrected chi connectivity index (χ3v) is 3.67. The molecule has 1 amide bonds. The van der Waals surface area contributed by atoms with E-state index in [9.17, 15) is 9.59 Å². The average Bonchev–Trinajstić information content (AvgIpc) is 3.17. The summed E-state index contributed by atoms with van der Waals surface area (Å²) in [5.41, 5.74) is 10.7. The van der Waals surface area contributed by atoms with Crippen LogP contribution >= 0.6 is 0 Å². The number of aromatic nitrogens is 1. The van der Waals surface area contributed by atoms with Gasteiger partial charge in [0.25, 0.3) is 0 Å². The van der Waals surface area contributed by atoms with Crippen molar-refractivity contribution in [1.29, 1.82) is 5.26 Å². The van der Waals surface area contributed by atoms with Crippen molar-refractivity contribution in [2.75, 3.05) is 12.8 Å². The molecule has 0 unspecified atom stereocenters. The van der Waals surface area contributed by atoms with Crippen molar-refractivity contribution in [3.63, 3.8) is 0 Å². The standard InChI is InChI=1S/C16H13N5O3/c1-24-16(23)15-14(18)10(7-17)8-21(15)11-4-2-9(3-5-11)12-6-13(22)20-19-12/h2-5,8H,6,18H2,1H3,(H,20,22). The highest BCUT2D eigenvalue weighted by Crippen LogP contribution is 2.25. The van der Waals surface area contributed by atoms with Crippen LogP contribution < -0.4 is 11.2 Å². The highest BCUT2D eigenvalue weighted by molar-refractivity contribution is 6.13. The van der Waals surface area contributed by atoms with Crippen molar-refractivity contribution in [3.8, 4) is 11.8 Å². The minimum absolute atomic E-state index is 0.0726. The number of hydrogen-bond donors (Lipinski definition) is 2. The monoisotopic (exact) mass is 323 g/mol. The number of nitrogens with zero attached hydrogens (tertiary/aromatic N) is 3. The Morgan fingerprint density at radius 2 is 2.12 bits per heavy atom. The molecule has 120 valence electrons. The number of esters is 1. The van der Waals surface area contributed by atoms with Crippen LogP contribution in [0.4, 0.5) is 5.69 Å². The molecule has 3 N–H and O–H groups in total. The molecule has 0 aliphatic carbocycles. The van der Waals surface area contributed by atoms with Gasteiger partial charge in [-0.15, -0.1) is 0 Å². The van der Waals surface area contributed by atoms with Crippen molar-refractivity contribution in [2.24, 2.45) is 5.10 Å². The molecule has 3 rings (SSSR count). The van der Waals surface area contributed by atoms with E-state index in [0.717, 1.165) is 5.56 Å². The predicted molar refractivity (Wildman–Crippen MR) is 85.5 cm³/mol. The number of hydrazone groups is 1. The first kappa shape index (κ1) is 15.3. The molecule has 0 bridgehead atoms. The number of nitrogens with two attached hydrogens (primary N) is 1. The van der Waals surface area contributed by atoms with Gasteiger partial charge in [-0.3, -0.25) is 4.79 Å². The summed E-state index contributed by atoms with van der Waals surface area (Å²) in [6.07, 6.45) is 1.70. The first-order valence-corrected chi connectivity index (χ1v) is 7.00. The highest BCUT2D eigenvalue weighted by Gasteiger charge is 2.22. The van der Waals surface area contributed by atoms with E-state index in [1.54, 1.807) is 24.3 Å². The molecule has 8 nitrogen and oxygen atoms in total. The Hall–Kier alpha value is -3.60. The zero-order valence-electron chi connectivity index (χ0n) is 12.7. The van der Waals surface area contributed by atoms with Crippen LogP contribution in [-0.4, -0.2) is 29.3 Å². The summed E-state index contributed by atoms with van der Waals surface area (Å²) < 4.78 is 6.24. The normalized spacial score (nSPS) is 13.2. The Morgan fingerprint density at radius 1 is 1.42 bits per heavy atom. The lowest BCUT2D eigenvalue weighted by atomic mass is 10.1. The number of ether oxygens (including phenoxy) is 1. The van der Waals surface area contributed by atoms with Gasteiger partial charge in [0.05, 0.1) is 30.5 Å². The van der Waals surface area contributed by atoms with Crippen molar-refractivity contribution in [3.05, 3.63) is 47.3 Å². The largest absolute Gasteiger partial charge is 0.464 e. The third kappa shape index (κ3) is 2.48.